The van der Waals surface area contributed by atoms with Gasteiger partial charge in [0.05, 0.1) is 6.10 Å². The maximum atomic E-state index is 9.49. The van der Waals surface area contributed by atoms with Crippen LogP contribution in [0.2, 0.25) is 0 Å². The molecule has 1 rings (SSSR count). The first-order valence-electron chi connectivity index (χ1n) is 5.11. The van der Waals surface area contributed by atoms with E-state index in [1.165, 1.54) is 12.8 Å². The first-order valence-corrected chi connectivity index (χ1v) is 5.11. The molecule has 1 aliphatic rings. The minimum Gasteiger partial charge on any atom is -0.392 e. The zero-order valence-electron chi connectivity index (χ0n) is 8.21. The van der Waals surface area contributed by atoms with Gasteiger partial charge in [-0.2, -0.15) is 0 Å². The Balaban J connectivity index is 2.06. The van der Waals surface area contributed by atoms with Crippen LogP contribution in [0.25, 0.3) is 0 Å². The van der Waals surface area contributed by atoms with Crippen LogP contribution < -0.4 is 5.32 Å². The van der Waals surface area contributed by atoms with Crippen LogP contribution in [0.1, 0.15) is 39.5 Å². The summed E-state index contributed by atoms with van der Waals surface area (Å²) in [6.07, 6.45) is 4.44. The van der Waals surface area contributed by atoms with E-state index < -0.39 is 0 Å². The fourth-order valence-electron chi connectivity index (χ4n) is 1.74. The van der Waals surface area contributed by atoms with Crippen molar-refractivity contribution in [2.24, 2.45) is 5.92 Å². The van der Waals surface area contributed by atoms with E-state index in [2.05, 4.69) is 19.2 Å². The third kappa shape index (κ3) is 3.11. The number of aliphatic hydroxyl groups excluding tert-OH is 1. The maximum Gasteiger partial charge on any atom is 0.0693 e. The number of rotatable bonds is 4. The van der Waals surface area contributed by atoms with Crippen molar-refractivity contribution in [3.05, 3.63) is 0 Å². The standard InChI is InChI=1S/C10H21NO/c1-8(2)6-7-11-9-4-3-5-10(9)12/h8-12H,3-7H2,1-2H3. The van der Waals surface area contributed by atoms with Crippen LogP contribution in [0.15, 0.2) is 0 Å². The molecule has 0 aromatic heterocycles. The van der Waals surface area contributed by atoms with Crippen LogP contribution in [-0.4, -0.2) is 23.8 Å². The molecule has 0 aromatic carbocycles. The topological polar surface area (TPSA) is 32.3 Å². The molecule has 0 aromatic rings. The summed E-state index contributed by atoms with van der Waals surface area (Å²) in [4.78, 5) is 0. The normalized spacial score (nSPS) is 30.0. The minimum atomic E-state index is -0.0860. The molecule has 0 spiro atoms. The van der Waals surface area contributed by atoms with Gasteiger partial charge in [0.2, 0.25) is 0 Å². The molecule has 2 N–H and O–H groups in total. The Kier molecular flexibility index (Phi) is 4.02. The Hall–Kier alpha value is -0.0800. The highest BCUT2D eigenvalue weighted by Crippen LogP contribution is 2.18. The molecule has 0 bridgehead atoms. The fraction of sp³-hybridized carbons (Fsp3) is 1.00. The van der Waals surface area contributed by atoms with Crippen LogP contribution in [0.5, 0.6) is 0 Å². The van der Waals surface area contributed by atoms with Gasteiger partial charge in [-0.15, -0.1) is 0 Å². The quantitative estimate of drug-likeness (QED) is 0.672. The summed E-state index contributed by atoms with van der Waals surface area (Å²) in [5.41, 5.74) is 0. The molecule has 0 heterocycles. The molecule has 0 saturated heterocycles. The van der Waals surface area contributed by atoms with Crippen LogP contribution in [0.4, 0.5) is 0 Å². The molecule has 1 saturated carbocycles. The van der Waals surface area contributed by atoms with Crippen LogP contribution >= 0.6 is 0 Å². The number of hydrogen-bond acceptors (Lipinski definition) is 2. The Morgan fingerprint density at radius 1 is 1.42 bits per heavy atom. The Labute approximate surface area is 75.4 Å². The second-order valence-corrected chi connectivity index (χ2v) is 4.24. The molecule has 0 radical (unpaired) electrons. The maximum absolute atomic E-state index is 9.49. The lowest BCUT2D eigenvalue weighted by atomic mass is 10.1. The van der Waals surface area contributed by atoms with Crippen LogP contribution in [0, 0.1) is 5.92 Å². The monoisotopic (exact) mass is 171 g/mol. The predicted molar refractivity (Wildman–Crippen MR) is 51.1 cm³/mol. The van der Waals surface area contributed by atoms with E-state index in [1.807, 2.05) is 0 Å². The lowest BCUT2D eigenvalue weighted by molar-refractivity contribution is 0.148. The molecular weight excluding hydrogens is 150 g/mol. The third-order valence-electron chi connectivity index (χ3n) is 2.61. The van der Waals surface area contributed by atoms with E-state index in [-0.39, 0.29) is 6.10 Å². The summed E-state index contributed by atoms with van der Waals surface area (Å²) in [5.74, 6) is 0.760. The van der Waals surface area contributed by atoms with Gasteiger partial charge in [-0.25, -0.2) is 0 Å². The smallest absolute Gasteiger partial charge is 0.0693 e. The second-order valence-electron chi connectivity index (χ2n) is 4.24. The summed E-state index contributed by atoms with van der Waals surface area (Å²) < 4.78 is 0. The number of aliphatic hydroxyl groups is 1. The van der Waals surface area contributed by atoms with Gasteiger partial charge < -0.3 is 10.4 Å². The summed E-state index contributed by atoms with van der Waals surface area (Å²) in [6, 6.07) is 0.378. The van der Waals surface area contributed by atoms with Gasteiger partial charge in [0.25, 0.3) is 0 Å². The van der Waals surface area contributed by atoms with Gasteiger partial charge in [-0.05, 0) is 38.1 Å². The molecule has 72 valence electrons. The zero-order chi connectivity index (χ0) is 8.97. The van der Waals surface area contributed by atoms with E-state index in [1.54, 1.807) is 0 Å². The average molecular weight is 171 g/mol. The van der Waals surface area contributed by atoms with Crippen molar-refractivity contribution in [3.8, 4) is 0 Å². The largest absolute Gasteiger partial charge is 0.392 e. The fourth-order valence-corrected chi connectivity index (χ4v) is 1.74. The molecule has 2 unspecified atom stereocenters. The molecule has 2 heteroatoms. The Bertz CT molecular complexity index is 125. The predicted octanol–water partition coefficient (Wildman–Crippen LogP) is 1.54. The summed E-state index contributed by atoms with van der Waals surface area (Å²) >= 11 is 0. The van der Waals surface area contributed by atoms with E-state index in [0.29, 0.717) is 6.04 Å². The zero-order valence-corrected chi connectivity index (χ0v) is 8.21. The van der Waals surface area contributed by atoms with Gasteiger partial charge in [0.15, 0.2) is 0 Å². The number of hydrogen-bond donors (Lipinski definition) is 2. The molecule has 2 nitrogen and oxygen atoms in total. The van der Waals surface area contributed by atoms with Gasteiger partial charge in [0, 0.05) is 6.04 Å². The Morgan fingerprint density at radius 3 is 2.67 bits per heavy atom. The SMILES string of the molecule is CC(C)CCNC1CCCC1O. The van der Waals surface area contributed by atoms with Gasteiger partial charge in [0.1, 0.15) is 0 Å². The summed E-state index contributed by atoms with van der Waals surface area (Å²) in [6.45, 7) is 5.51. The van der Waals surface area contributed by atoms with Crippen molar-refractivity contribution < 1.29 is 5.11 Å². The first kappa shape index (κ1) is 10.0. The second kappa shape index (κ2) is 4.83. The van der Waals surface area contributed by atoms with E-state index >= 15 is 0 Å². The van der Waals surface area contributed by atoms with Crippen LogP contribution in [-0.2, 0) is 0 Å². The highest BCUT2D eigenvalue weighted by Gasteiger charge is 2.23. The molecule has 0 aliphatic heterocycles. The van der Waals surface area contributed by atoms with E-state index in [0.717, 1.165) is 25.3 Å². The molecule has 0 amide bonds. The van der Waals surface area contributed by atoms with E-state index in [4.69, 9.17) is 0 Å². The summed E-state index contributed by atoms with van der Waals surface area (Å²) in [5, 5.41) is 12.9. The highest BCUT2D eigenvalue weighted by molar-refractivity contribution is 4.82. The molecule has 2 atom stereocenters. The molecule has 1 aliphatic carbocycles. The minimum absolute atomic E-state index is 0.0860. The van der Waals surface area contributed by atoms with Crippen LogP contribution in [0.3, 0.4) is 0 Å². The average Bonchev–Trinajstić information content (AvgIpc) is 2.36. The van der Waals surface area contributed by atoms with Crippen molar-refractivity contribution in [2.75, 3.05) is 6.54 Å². The van der Waals surface area contributed by atoms with Gasteiger partial charge in [-0.3, -0.25) is 0 Å². The number of nitrogens with one attached hydrogen (secondary N) is 1. The van der Waals surface area contributed by atoms with Crippen molar-refractivity contribution in [2.45, 2.75) is 51.7 Å². The highest BCUT2D eigenvalue weighted by atomic mass is 16.3. The van der Waals surface area contributed by atoms with Crippen molar-refractivity contribution in [1.29, 1.82) is 0 Å². The lowest BCUT2D eigenvalue weighted by Gasteiger charge is -2.16. The van der Waals surface area contributed by atoms with E-state index in [9.17, 15) is 5.11 Å². The Morgan fingerprint density at radius 2 is 2.17 bits per heavy atom. The molecule has 12 heavy (non-hydrogen) atoms. The third-order valence-corrected chi connectivity index (χ3v) is 2.61. The van der Waals surface area contributed by atoms with Crippen molar-refractivity contribution in [3.63, 3.8) is 0 Å². The van der Waals surface area contributed by atoms with Gasteiger partial charge in [-0.1, -0.05) is 13.8 Å². The molecular formula is C10H21NO. The van der Waals surface area contributed by atoms with Gasteiger partial charge >= 0.3 is 0 Å². The summed E-state index contributed by atoms with van der Waals surface area (Å²) in [7, 11) is 0. The lowest BCUT2D eigenvalue weighted by Crippen LogP contribution is -2.36. The van der Waals surface area contributed by atoms with Crippen molar-refractivity contribution in [1.82, 2.24) is 5.32 Å². The van der Waals surface area contributed by atoms with Crippen molar-refractivity contribution >= 4 is 0 Å². The molecule has 1 fully saturated rings. The first-order chi connectivity index (χ1) is 5.70.